The van der Waals surface area contributed by atoms with Crippen molar-refractivity contribution in [2.24, 2.45) is 0 Å². The molecule has 3 fully saturated rings. The highest BCUT2D eigenvalue weighted by molar-refractivity contribution is 5.91. The van der Waals surface area contributed by atoms with E-state index in [1.807, 2.05) is 0 Å². The Bertz CT molecular complexity index is 2220. The van der Waals surface area contributed by atoms with Crippen LogP contribution in [0, 0.1) is 0 Å². The van der Waals surface area contributed by atoms with E-state index in [4.69, 9.17) is 47.4 Å². The van der Waals surface area contributed by atoms with Gasteiger partial charge < -0.3 is 78.0 Å². The first-order chi connectivity index (χ1) is 32.4. The zero-order valence-corrected chi connectivity index (χ0v) is 35.7. The maximum absolute atomic E-state index is 14.1. The minimum absolute atomic E-state index is 0.00236. The van der Waals surface area contributed by atoms with Gasteiger partial charge in [0.2, 0.25) is 0 Å². The quantitative estimate of drug-likeness (QED) is 0.0661. The predicted molar refractivity (Wildman–Crippen MR) is 225 cm³/mol. The molecule has 3 saturated heterocycles. The smallest absolute Gasteiger partial charge is 0.338 e. The zero-order valence-electron chi connectivity index (χ0n) is 35.7. The summed E-state index contributed by atoms with van der Waals surface area (Å²) in [7, 11) is 1.17. The third-order valence-corrected chi connectivity index (χ3v) is 11.2. The highest BCUT2D eigenvalue weighted by Gasteiger charge is 2.58. The van der Waals surface area contributed by atoms with Crippen LogP contribution in [0.2, 0.25) is 0 Å². The standard InChI is InChI=1S/C47H50O20/c1-58-45-35(53)38(67-46-34(52)33(51)32(50)29(22-48)60-46)36(30(23-49)61-45)66-47-40(65-44(57)28-20-12-5-13-21-28)39(64-43(56)27-18-10-4-11-19-27)37(63-42(55)26-16-8-3-9-17-26)31(62-47)24-59-41(54)25-14-6-2-7-15-25/h2-21,29-40,45-53H,22-24H2,1H3/t29-,30-,31-,32-,33+,34-,35-,36-,37-,38-,39+,40-,45+,46-,47+/m1/s1. The summed E-state index contributed by atoms with van der Waals surface area (Å²) in [4.78, 5) is 55.5. The van der Waals surface area contributed by atoms with Crippen LogP contribution in [0.3, 0.4) is 0 Å². The van der Waals surface area contributed by atoms with Crippen molar-refractivity contribution in [3.05, 3.63) is 144 Å². The predicted octanol–water partition coefficient (Wildman–Crippen LogP) is 0.540. The van der Waals surface area contributed by atoms with E-state index in [-0.39, 0.29) is 22.3 Å². The van der Waals surface area contributed by atoms with E-state index in [1.165, 1.54) is 55.6 Å². The minimum atomic E-state index is -2.00. The number of aliphatic hydroxyl groups is 6. The molecule has 15 atom stereocenters. The van der Waals surface area contributed by atoms with Crippen molar-refractivity contribution in [3.8, 4) is 0 Å². The molecule has 0 aromatic heterocycles. The van der Waals surface area contributed by atoms with Crippen molar-refractivity contribution in [1.82, 2.24) is 0 Å². The molecule has 0 saturated carbocycles. The van der Waals surface area contributed by atoms with Crippen LogP contribution in [0.1, 0.15) is 41.4 Å². The van der Waals surface area contributed by atoms with Crippen LogP contribution in [0.5, 0.6) is 0 Å². The molecule has 0 unspecified atom stereocenters. The van der Waals surface area contributed by atoms with Crippen LogP contribution in [0.25, 0.3) is 0 Å². The molecule has 67 heavy (non-hydrogen) atoms. The number of aliphatic hydroxyl groups excluding tert-OH is 6. The van der Waals surface area contributed by atoms with E-state index in [2.05, 4.69) is 0 Å². The molecular weight excluding hydrogens is 884 g/mol. The van der Waals surface area contributed by atoms with Crippen LogP contribution in [-0.4, -0.2) is 174 Å². The topological polar surface area (TPSA) is 282 Å². The molecule has 20 nitrogen and oxygen atoms in total. The van der Waals surface area contributed by atoms with Crippen molar-refractivity contribution in [2.45, 2.75) is 92.1 Å². The van der Waals surface area contributed by atoms with Crippen molar-refractivity contribution >= 4 is 23.9 Å². The summed E-state index contributed by atoms with van der Waals surface area (Å²) in [5.74, 6) is -3.81. The van der Waals surface area contributed by atoms with E-state index in [9.17, 15) is 49.8 Å². The van der Waals surface area contributed by atoms with Crippen molar-refractivity contribution in [2.75, 3.05) is 26.9 Å². The lowest BCUT2D eigenvalue weighted by molar-refractivity contribution is -0.384. The zero-order chi connectivity index (χ0) is 47.6. The van der Waals surface area contributed by atoms with Gasteiger partial charge in [0.05, 0.1) is 35.5 Å². The lowest BCUT2D eigenvalue weighted by Gasteiger charge is -2.49. The number of benzene rings is 4. The fraction of sp³-hybridized carbons (Fsp3) is 0.404. The Hall–Kier alpha value is -5.72. The molecule has 358 valence electrons. The Balaban J connectivity index is 1.33. The highest BCUT2D eigenvalue weighted by atomic mass is 16.8. The lowest BCUT2D eigenvalue weighted by Crippen LogP contribution is -2.68. The summed E-state index contributed by atoms with van der Waals surface area (Å²) in [6, 6.07) is 30.8. The Morgan fingerprint density at radius 1 is 0.433 bits per heavy atom. The molecule has 0 bridgehead atoms. The maximum atomic E-state index is 14.1. The molecule has 3 aliphatic rings. The molecule has 0 spiro atoms. The molecule has 3 aliphatic heterocycles. The maximum Gasteiger partial charge on any atom is 0.338 e. The third kappa shape index (κ3) is 11.5. The highest BCUT2D eigenvalue weighted by Crippen LogP contribution is 2.37. The lowest BCUT2D eigenvalue weighted by atomic mass is 9.95. The first-order valence-electron chi connectivity index (χ1n) is 21.2. The van der Waals surface area contributed by atoms with Crippen LogP contribution in [-0.2, 0) is 47.4 Å². The molecule has 0 radical (unpaired) electrons. The summed E-state index contributed by atoms with van der Waals surface area (Å²) in [6.07, 6.45) is -26.7. The molecule has 3 heterocycles. The van der Waals surface area contributed by atoms with Gasteiger partial charge in [0.1, 0.15) is 61.5 Å². The molecule has 7 rings (SSSR count). The average Bonchev–Trinajstić information content (AvgIpc) is 3.36. The fourth-order valence-electron chi connectivity index (χ4n) is 7.68. The summed E-state index contributed by atoms with van der Waals surface area (Å²) in [5, 5.41) is 64.3. The number of esters is 4. The van der Waals surface area contributed by atoms with E-state index in [1.54, 1.807) is 72.8 Å². The second-order valence-corrected chi connectivity index (χ2v) is 15.6. The number of carbonyl (C=O) groups excluding carboxylic acids is 4. The second-order valence-electron chi connectivity index (χ2n) is 15.6. The van der Waals surface area contributed by atoms with E-state index < -0.39 is 136 Å². The van der Waals surface area contributed by atoms with Crippen LogP contribution >= 0.6 is 0 Å². The normalized spacial score (nSPS) is 31.8. The molecule has 20 heteroatoms. The molecule has 0 amide bonds. The van der Waals surface area contributed by atoms with Gasteiger partial charge >= 0.3 is 23.9 Å². The first kappa shape index (κ1) is 49.2. The Morgan fingerprint density at radius 3 is 1.33 bits per heavy atom. The van der Waals surface area contributed by atoms with Gasteiger partial charge in [0, 0.05) is 7.11 Å². The van der Waals surface area contributed by atoms with E-state index in [0.29, 0.717) is 0 Å². The Labute approximate surface area is 383 Å². The van der Waals surface area contributed by atoms with Crippen LogP contribution in [0.15, 0.2) is 121 Å². The molecule has 6 N–H and O–H groups in total. The van der Waals surface area contributed by atoms with E-state index in [0.717, 1.165) is 0 Å². The van der Waals surface area contributed by atoms with Gasteiger partial charge in [-0.1, -0.05) is 72.8 Å². The fourth-order valence-corrected chi connectivity index (χ4v) is 7.68. The van der Waals surface area contributed by atoms with Crippen molar-refractivity contribution in [1.29, 1.82) is 0 Å². The third-order valence-electron chi connectivity index (χ3n) is 11.2. The van der Waals surface area contributed by atoms with Crippen molar-refractivity contribution < 1.29 is 97.2 Å². The SMILES string of the molecule is CO[C@H]1O[C@H](CO)[C@@H](O[C@@H]2O[C@H](COC(=O)c3ccccc3)[C@@H](OC(=O)c3ccccc3)[C@H](OC(=O)c3ccccc3)[C@H]2OC(=O)c2ccccc2)[C@H](O[C@H]2O[C@H](CO)[C@@H](O)[C@H](O)[C@H]2O)[C@H]1O. The minimum Gasteiger partial charge on any atom is -0.459 e. The van der Waals surface area contributed by atoms with Crippen LogP contribution < -0.4 is 0 Å². The summed E-state index contributed by atoms with van der Waals surface area (Å²) < 4.78 is 59.7. The number of ether oxygens (including phenoxy) is 10. The van der Waals surface area contributed by atoms with Gasteiger partial charge in [-0.2, -0.15) is 0 Å². The van der Waals surface area contributed by atoms with Crippen molar-refractivity contribution in [3.63, 3.8) is 0 Å². The Kier molecular flexibility index (Phi) is 16.8. The summed E-state index contributed by atoms with van der Waals surface area (Å²) in [5.41, 5.74) is 0.197. The van der Waals surface area contributed by atoms with Crippen LogP contribution in [0.4, 0.5) is 0 Å². The molecular formula is C47H50O20. The summed E-state index contributed by atoms with van der Waals surface area (Å²) in [6.45, 7) is -2.43. The number of hydrogen-bond acceptors (Lipinski definition) is 20. The Morgan fingerprint density at radius 2 is 0.851 bits per heavy atom. The van der Waals surface area contributed by atoms with Gasteiger partial charge in [0.25, 0.3) is 0 Å². The van der Waals surface area contributed by atoms with Gasteiger partial charge in [-0.25, -0.2) is 19.2 Å². The molecule has 4 aromatic carbocycles. The number of carbonyl (C=O) groups is 4. The average molecular weight is 935 g/mol. The van der Waals surface area contributed by atoms with Gasteiger partial charge in [-0.05, 0) is 48.5 Å². The number of methoxy groups -OCH3 is 1. The summed E-state index contributed by atoms with van der Waals surface area (Å²) >= 11 is 0. The molecule has 4 aromatic rings. The number of rotatable bonds is 16. The first-order valence-corrected chi connectivity index (χ1v) is 21.2. The van der Waals surface area contributed by atoms with Gasteiger partial charge in [-0.3, -0.25) is 0 Å². The molecule has 0 aliphatic carbocycles. The monoisotopic (exact) mass is 934 g/mol. The van der Waals surface area contributed by atoms with E-state index >= 15 is 0 Å². The largest absolute Gasteiger partial charge is 0.459 e. The second kappa shape index (κ2) is 22.9. The van der Waals surface area contributed by atoms with Gasteiger partial charge in [-0.15, -0.1) is 0 Å². The number of hydrogen-bond donors (Lipinski definition) is 6. The van der Waals surface area contributed by atoms with Gasteiger partial charge in [0.15, 0.2) is 37.2 Å².